The maximum atomic E-state index is 12.6. The van der Waals surface area contributed by atoms with Crippen LogP contribution >= 0.6 is 23.2 Å². The van der Waals surface area contributed by atoms with Gasteiger partial charge in [0.25, 0.3) is 0 Å². The number of carbonyl (C=O) groups excluding carboxylic acids is 2. The van der Waals surface area contributed by atoms with Crippen LogP contribution < -0.4 is 30.7 Å². The van der Waals surface area contributed by atoms with Gasteiger partial charge in [0.05, 0.1) is 0 Å². The number of hydrogen-bond acceptors (Lipinski definition) is 4. The molecule has 0 aliphatic carbocycles. The summed E-state index contributed by atoms with van der Waals surface area (Å²) in [6, 6.07) is 38.9. The van der Waals surface area contributed by atoms with E-state index in [9.17, 15) is 9.59 Å². The highest BCUT2D eigenvalue weighted by Crippen LogP contribution is 2.33. The van der Waals surface area contributed by atoms with Gasteiger partial charge < -0.3 is 30.7 Å². The number of alkyl halides is 2. The molecule has 5 rings (SSSR count). The van der Waals surface area contributed by atoms with Crippen LogP contribution in [0.1, 0.15) is 22.6 Å². The van der Waals surface area contributed by atoms with Crippen LogP contribution in [0.5, 0.6) is 11.5 Å². The molecule has 0 saturated heterocycles. The van der Waals surface area contributed by atoms with Crippen LogP contribution in [0.15, 0.2) is 127 Å². The van der Waals surface area contributed by atoms with E-state index < -0.39 is 0 Å². The fourth-order valence-corrected chi connectivity index (χ4v) is 4.97. The van der Waals surface area contributed by atoms with Gasteiger partial charge in [-0.1, -0.05) is 77.8 Å². The van der Waals surface area contributed by atoms with Gasteiger partial charge in [0.1, 0.15) is 11.5 Å². The van der Waals surface area contributed by atoms with Crippen molar-refractivity contribution in [1.29, 1.82) is 0 Å². The van der Waals surface area contributed by atoms with E-state index in [1.54, 1.807) is 48.5 Å². The van der Waals surface area contributed by atoms with Gasteiger partial charge in [-0.25, -0.2) is 9.59 Å². The molecule has 0 aliphatic rings. The zero-order valence-corrected chi connectivity index (χ0v) is 25.5. The molecular weight excluding hydrogens is 611 g/mol. The predicted octanol–water partition coefficient (Wildman–Crippen LogP) is 9.30. The summed E-state index contributed by atoms with van der Waals surface area (Å²) in [4.78, 5) is 25.2. The summed E-state index contributed by atoms with van der Waals surface area (Å²) in [5.41, 5.74) is 5.74. The van der Waals surface area contributed by atoms with E-state index in [4.69, 9.17) is 32.7 Å². The van der Waals surface area contributed by atoms with Gasteiger partial charge in [0.2, 0.25) is 0 Å². The fraction of sp³-hybridized carbons (Fsp3) is 0.0857. The molecule has 0 fully saturated rings. The fourth-order valence-electron chi connectivity index (χ4n) is 4.72. The molecule has 0 aromatic heterocycles. The van der Waals surface area contributed by atoms with Gasteiger partial charge in [0, 0.05) is 28.7 Å². The van der Waals surface area contributed by atoms with Crippen molar-refractivity contribution in [2.45, 2.75) is 5.92 Å². The van der Waals surface area contributed by atoms with Crippen molar-refractivity contribution in [3.8, 4) is 11.5 Å². The minimum atomic E-state index is -0.363. The standard InChI is InChI=1S/C35H30Cl2N4O4/c36-22-44-31-18-14-29(15-19-31)40-34(42)38-27-10-6-25(7-11-27)33(24-4-2-1-3-5-24)26-8-12-28(13-9-26)39-35(43)41-30-16-20-32(21-17-30)45-23-37/h1-21,33H,22-23H2,(H2,38,40,42)(H2,39,41,43). The molecule has 0 aliphatic heterocycles. The first-order valence-corrected chi connectivity index (χ1v) is 15.1. The molecule has 4 N–H and O–H groups in total. The second-order valence-electron chi connectivity index (χ2n) is 9.80. The van der Waals surface area contributed by atoms with Gasteiger partial charge in [0.15, 0.2) is 12.1 Å². The topological polar surface area (TPSA) is 101 Å². The lowest BCUT2D eigenvalue weighted by Gasteiger charge is -2.20. The first kappa shape index (κ1) is 31.3. The first-order valence-electron chi connectivity index (χ1n) is 14.0. The van der Waals surface area contributed by atoms with Gasteiger partial charge in [-0.2, -0.15) is 0 Å². The summed E-state index contributed by atoms with van der Waals surface area (Å²) >= 11 is 11.2. The van der Waals surface area contributed by atoms with Crippen molar-refractivity contribution in [3.05, 3.63) is 144 Å². The summed E-state index contributed by atoms with van der Waals surface area (Å²) in [6.07, 6.45) is 0. The molecular formula is C35H30Cl2N4O4. The summed E-state index contributed by atoms with van der Waals surface area (Å²) in [5.74, 6) is 1.17. The number of benzene rings is 5. The van der Waals surface area contributed by atoms with Gasteiger partial charge in [-0.3, -0.25) is 0 Å². The van der Waals surface area contributed by atoms with E-state index in [0.29, 0.717) is 34.2 Å². The molecule has 0 spiro atoms. The highest BCUT2D eigenvalue weighted by molar-refractivity contribution is 6.17. The number of halogens is 2. The van der Waals surface area contributed by atoms with Crippen LogP contribution in [0, 0.1) is 0 Å². The van der Waals surface area contributed by atoms with Crippen molar-refractivity contribution in [2.24, 2.45) is 0 Å². The van der Waals surface area contributed by atoms with Gasteiger partial charge >= 0.3 is 12.1 Å². The molecule has 0 heterocycles. The minimum Gasteiger partial charge on any atom is -0.478 e. The second-order valence-corrected chi connectivity index (χ2v) is 10.2. The molecule has 0 bridgehead atoms. The average Bonchev–Trinajstić information content (AvgIpc) is 3.05. The number of urea groups is 2. The predicted molar refractivity (Wildman–Crippen MR) is 181 cm³/mol. The van der Waals surface area contributed by atoms with E-state index in [1.165, 1.54) is 0 Å². The largest absolute Gasteiger partial charge is 0.478 e. The van der Waals surface area contributed by atoms with Crippen LogP contribution in [0.25, 0.3) is 0 Å². The Balaban J connectivity index is 1.24. The van der Waals surface area contributed by atoms with Crippen molar-refractivity contribution in [2.75, 3.05) is 33.4 Å². The van der Waals surface area contributed by atoms with Crippen molar-refractivity contribution >= 4 is 58.0 Å². The SMILES string of the molecule is O=C(Nc1ccc(OCCl)cc1)Nc1ccc(C(c2ccccc2)c2ccc(NC(=O)Nc3ccc(OCCl)cc3)cc2)cc1. The van der Waals surface area contributed by atoms with E-state index >= 15 is 0 Å². The molecule has 4 amide bonds. The number of ether oxygens (including phenoxy) is 2. The Labute approximate surface area is 271 Å². The molecule has 5 aromatic rings. The number of anilines is 4. The van der Waals surface area contributed by atoms with Crippen LogP contribution in [-0.4, -0.2) is 24.2 Å². The average molecular weight is 642 g/mol. The first-order chi connectivity index (χ1) is 22.0. The normalized spacial score (nSPS) is 10.6. The van der Waals surface area contributed by atoms with Crippen LogP contribution in [0.3, 0.4) is 0 Å². The number of amides is 4. The highest BCUT2D eigenvalue weighted by Gasteiger charge is 2.17. The molecule has 8 nitrogen and oxygen atoms in total. The Morgan fingerprint density at radius 1 is 0.467 bits per heavy atom. The van der Waals surface area contributed by atoms with Crippen molar-refractivity contribution in [3.63, 3.8) is 0 Å². The maximum Gasteiger partial charge on any atom is 0.323 e. The number of rotatable bonds is 11. The zero-order chi connectivity index (χ0) is 31.4. The third-order valence-corrected chi connectivity index (χ3v) is 7.02. The summed E-state index contributed by atoms with van der Waals surface area (Å²) in [5, 5.41) is 11.3. The van der Waals surface area contributed by atoms with E-state index in [-0.39, 0.29) is 30.1 Å². The molecule has 0 saturated carbocycles. The molecule has 10 heteroatoms. The summed E-state index contributed by atoms with van der Waals surface area (Å²) in [7, 11) is 0. The van der Waals surface area contributed by atoms with Crippen molar-refractivity contribution < 1.29 is 19.1 Å². The molecule has 0 unspecified atom stereocenters. The quantitative estimate of drug-likeness (QED) is 0.0853. The number of nitrogens with one attached hydrogen (secondary N) is 4. The van der Waals surface area contributed by atoms with Crippen molar-refractivity contribution in [1.82, 2.24) is 0 Å². The van der Waals surface area contributed by atoms with E-state index in [2.05, 4.69) is 33.4 Å². The third kappa shape index (κ3) is 8.92. The molecule has 228 valence electrons. The molecule has 5 aromatic carbocycles. The van der Waals surface area contributed by atoms with Crippen LogP contribution in [0.2, 0.25) is 0 Å². The van der Waals surface area contributed by atoms with Crippen LogP contribution in [0.4, 0.5) is 32.3 Å². The van der Waals surface area contributed by atoms with Gasteiger partial charge in [-0.15, -0.1) is 0 Å². The monoisotopic (exact) mass is 640 g/mol. The van der Waals surface area contributed by atoms with E-state index in [1.807, 2.05) is 66.7 Å². The molecule has 0 radical (unpaired) electrons. The number of carbonyl (C=O) groups is 2. The van der Waals surface area contributed by atoms with Gasteiger partial charge in [-0.05, 0) is 89.5 Å². The third-order valence-electron chi connectivity index (χ3n) is 6.80. The zero-order valence-electron chi connectivity index (χ0n) is 24.0. The Bertz CT molecular complexity index is 1580. The second kappa shape index (κ2) is 15.5. The number of hydrogen-bond donors (Lipinski definition) is 4. The Kier molecular flexibility index (Phi) is 10.8. The smallest absolute Gasteiger partial charge is 0.323 e. The Morgan fingerprint density at radius 2 is 0.778 bits per heavy atom. The lowest BCUT2D eigenvalue weighted by atomic mass is 9.85. The van der Waals surface area contributed by atoms with E-state index in [0.717, 1.165) is 16.7 Å². The highest BCUT2D eigenvalue weighted by atomic mass is 35.5. The minimum absolute atomic E-state index is 0.0546. The van der Waals surface area contributed by atoms with Crippen LogP contribution in [-0.2, 0) is 0 Å². The summed E-state index contributed by atoms with van der Waals surface area (Å²) in [6.45, 7) is 0. The lowest BCUT2D eigenvalue weighted by Crippen LogP contribution is -2.19. The molecule has 0 atom stereocenters. The summed E-state index contributed by atoms with van der Waals surface area (Å²) < 4.78 is 10.4. The maximum absolute atomic E-state index is 12.6. The Morgan fingerprint density at radius 3 is 1.11 bits per heavy atom. The molecule has 45 heavy (non-hydrogen) atoms. The Hall–Kier alpha value is -5.18. The lowest BCUT2D eigenvalue weighted by molar-refractivity contribution is 0.261.